The highest BCUT2D eigenvalue weighted by atomic mass is 32.2. The fraction of sp³-hybridized carbons (Fsp3) is 0.500. The van der Waals surface area contributed by atoms with Crippen LogP contribution in [0.25, 0.3) is 0 Å². The Morgan fingerprint density at radius 1 is 1.56 bits per heavy atom. The highest BCUT2D eigenvalue weighted by molar-refractivity contribution is 7.91. The van der Waals surface area contributed by atoms with E-state index < -0.39 is 9.84 Å². The van der Waals surface area contributed by atoms with E-state index in [0.29, 0.717) is 25.1 Å². The SMILES string of the molecule is O=CN(Cc1ccco1)[C@@H]1CCS(=O)(=O)C1. The van der Waals surface area contributed by atoms with E-state index in [1.807, 2.05) is 0 Å². The van der Waals surface area contributed by atoms with Gasteiger partial charge in [0.05, 0.1) is 24.3 Å². The zero-order valence-electron chi connectivity index (χ0n) is 8.70. The molecule has 1 saturated heterocycles. The van der Waals surface area contributed by atoms with Crippen LogP contribution in [0.3, 0.4) is 0 Å². The molecule has 0 saturated carbocycles. The molecule has 88 valence electrons. The molecular weight excluding hydrogens is 230 g/mol. The monoisotopic (exact) mass is 243 g/mol. The Hall–Kier alpha value is -1.30. The number of furan rings is 1. The lowest BCUT2D eigenvalue weighted by atomic mass is 10.2. The highest BCUT2D eigenvalue weighted by Gasteiger charge is 2.31. The van der Waals surface area contributed by atoms with Crippen molar-refractivity contribution in [2.75, 3.05) is 11.5 Å². The second kappa shape index (κ2) is 4.29. The van der Waals surface area contributed by atoms with Gasteiger partial charge in [-0.05, 0) is 18.6 Å². The topological polar surface area (TPSA) is 67.6 Å². The third-order valence-corrected chi connectivity index (χ3v) is 4.48. The van der Waals surface area contributed by atoms with E-state index in [2.05, 4.69) is 0 Å². The minimum absolute atomic E-state index is 0.0620. The summed E-state index contributed by atoms with van der Waals surface area (Å²) in [5, 5.41) is 0. The quantitative estimate of drug-likeness (QED) is 0.719. The minimum atomic E-state index is -2.96. The summed E-state index contributed by atoms with van der Waals surface area (Å²) in [6.07, 6.45) is 2.74. The first-order chi connectivity index (χ1) is 7.61. The predicted molar refractivity (Wildman–Crippen MR) is 57.4 cm³/mol. The third kappa shape index (κ3) is 2.44. The van der Waals surface area contributed by atoms with E-state index in [4.69, 9.17) is 4.42 Å². The molecular formula is C10H13NO4S. The average Bonchev–Trinajstić information content (AvgIpc) is 2.83. The number of carbonyl (C=O) groups is 1. The maximum atomic E-state index is 11.3. The number of hydrogen-bond acceptors (Lipinski definition) is 4. The molecule has 1 aromatic heterocycles. The van der Waals surface area contributed by atoms with E-state index in [9.17, 15) is 13.2 Å². The first-order valence-electron chi connectivity index (χ1n) is 5.04. The van der Waals surface area contributed by atoms with Crippen molar-refractivity contribution in [1.82, 2.24) is 4.90 Å². The van der Waals surface area contributed by atoms with Crippen molar-refractivity contribution in [1.29, 1.82) is 0 Å². The first kappa shape index (κ1) is 11.2. The van der Waals surface area contributed by atoms with Gasteiger partial charge in [-0.25, -0.2) is 8.42 Å². The average molecular weight is 243 g/mol. The van der Waals surface area contributed by atoms with Gasteiger partial charge in [-0.2, -0.15) is 0 Å². The zero-order valence-corrected chi connectivity index (χ0v) is 9.52. The number of carbonyl (C=O) groups excluding carboxylic acids is 1. The summed E-state index contributed by atoms with van der Waals surface area (Å²) in [5.41, 5.74) is 0. The molecule has 1 amide bonds. The zero-order chi connectivity index (χ0) is 11.6. The molecule has 5 nitrogen and oxygen atoms in total. The predicted octanol–water partition coefficient (Wildman–Crippen LogP) is 0.425. The maximum Gasteiger partial charge on any atom is 0.210 e. The van der Waals surface area contributed by atoms with Gasteiger partial charge < -0.3 is 9.32 Å². The molecule has 2 rings (SSSR count). The van der Waals surface area contributed by atoms with Crippen molar-refractivity contribution >= 4 is 16.2 Å². The van der Waals surface area contributed by atoms with Gasteiger partial charge in [0, 0.05) is 6.04 Å². The van der Waals surface area contributed by atoms with Gasteiger partial charge in [0.2, 0.25) is 6.41 Å². The first-order valence-corrected chi connectivity index (χ1v) is 6.87. The van der Waals surface area contributed by atoms with Crippen LogP contribution in [0.5, 0.6) is 0 Å². The Labute approximate surface area is 94.0 Å². The maximum absolute atomic E-state index is 11.3. The van der Waals surface area contributed by atoms with Crippen LogP contribution in [0.15, 0.2) is 22.8 Å². The highest BCUT2D eigenvalue weighted by Crippen LogP contribution is 2.18. The minimum Gasteiger partial charge on any atom is -0.467 e. The summed E-state index contributed by atoms with van der Waals surface area (Å²) in [6, 6.07) is 3.29. The molecule has 1 fully saturated rings. The van der Waals surface area contributed by atoms with E-state index in [1.165, 1.54) is 11.2 Å². The van der Waals surface area contributed by atoms with Gasteiger partial charge >= 0.3 is 0 Å². The molecule has 2 heterocycles. The molecule has 0 bridgehead atoms. The second-order valence-electron chi connectivity index (χ2n) is 3.91. The summed E-state index contributed by atoms with van der Waals surface area (Å²) < 4.78 is 27.7. The molecule has 1 aromatic rings. The second-order valence-corrected chi connectivity index (χ2v) is 6.14. The molecule has 0 unspecified atom stereocenters. The number of amides is 1. The van der Waals surface area contributed by atoms with Gasteiger partial charge in [-0.15, -0.1) is 0 Å². The molecule has 1 aliphatic rings. The van der Waals surface area contributed by atoms with Crippen LogP contribution in [0.2, 0.25) is 0 Å². The van der Waals surface area contributed by atoms with Crippen LogP contribution in [0.1, 0.15) is 12.2 Å². The van der Waals surface area contributed by atoms with Crippen molar-refractivity contribution in [2.45, 2.75) is 19.0 Å². The largest absolute Gasteiger partial charge is 0.467 e. The van der Waals surface area contributed by atoms with E-state index in [-0.39, 0.29) is 17.5 Å². The van der Waals surface area contributed by atoms with Crippen molar-refractivity contribution in [3.05, 3.63) is 24.2 Å². The van der Waals surface area contributed by atoms with Gasteiger partial charge in [-0.3, -0.25) is 4.79 Å². The van der Waals surface area contributed by atoms with Crippen molar-refractivity contribution < 1.29 is 17.6 Å². The molecule has 0 spiro atoms. The summed E-state index contributed by atoms with van der Waals surface area (Å²) in [4.78, 5) is 12.4. The molecule has 0 aliphatic carbocycles. The van der Waals surface area contributed by atoms with E-state index in [1.54, 1.807) is 12.1 Å². The Kier molecular flexibility index (Phi) is 3.00. The lowest BCUT2D eigenvalue weighted by Crippen LogP contribution is -2.34. The Morgan fingerprint density at radius 3 is 2.88 bits per heavy atom. The molecule has 16 heavy (non-hydrogen) atoms. The summed E-state index contributed by atoms with van der Waals surface area (Å²) in [6.45, 7) is 0.330. The molecule has 0 aromatic carbocycles. The number of nitrogens with zero attached hydrogens (tertiary/aromatic N) is 1. The van der Waals surface area contributed by atoms with Crippen LogP contribution in [0.4, 0.5) is 0 Å². The molecule has 1 aliphatic heterocycles. The van der Waals surface area contributed by atoms with Crippen molar-refractivity contribution in [3.8, 4) is 0 Å². The van der Waals surface area contributed by atoms with Gasteiger partial charge in [0.15, 0.2) is 9.84 Å². The Balaban J connectivity index is 2.04. The standard InChI is InChI=1S/C10H13NO4S/c12-8-11(6-10-2-1-4-15-10)9-3-5-16(13,14)7-9/h1-2,4,8-9H,3,5-7H2/t9-/m1/s1. The normalized spacial score (nSPS) is 23.1. The van der Waals surface area contributed by atoms with Crippen molar-refractivity contribution in [3.63, 3.8) is 0 Å². The smallest absolute Gasteiger partial charge is 0.210 e. The van der Waals surface area contributed by atoms with E-state index >= 15 is 0 Å². The van der Waals surface area contributed by atoms with Crippen LogP contribution in [-0.4, -0.2) is 37.3 Å². The summed E-state index contributed by atoms with van der Waals surface area (Å²) >= 11 is 0. The summed E-state index contributed by atoms with van der Waals surface area (Å²) in [7, 11) is -2.96. The van der Waals surface area contributed by atoms with Crippen molar-refractivity contribution in [2.24, 2.45) is 0 Å². The number of hydrogen-bond donors (Lipinski definition) is 0. The fourth-order valence-corrected chi connectivity index (χ4v) is 3.61. The molecule has 6 heteroatoms. The summed E-state index contributed by atoms with van der Waals surface area (Å²) in [5.74, 6) is 0.892. The molecule has 1 atom stereocenters. The van der Waals surface area contributed by atoms with E-state index in [0.717, 1.165) is 0 Å². The lowest BCUT2D eigenvalue weighted by molar-refractivity contribution is -0.120. The van der Waals surface area contributed by atoms with Gasteiger partial charge in [0.1, 0.15) is 5.76 Å². The van der Waals surface area contributed by atoms with Gasteiger partial charge in [-0.1, -0.05) is 0 Å². The fourth-order valence-electron chi connectivity index (χ4n) is 1.87. The molecule has 0 N–H and O–H groups in total. The number of sulfone groups is 1. The third-order valence-electron chi connectivity index (χ3n) is 2.73. The van der Waals surface area contributed by atoms with Crippen LogP contribution in [-0.2, 0) is 21.2 Å². The van der Waals surface area contributed by atoms with Crippen LogP contribution in [0, 0.1) is 0 Å². The van der Waals surface area contributed by atoms with Gasteiger partial charge in [0.25, 0.3) is 0 Å². The Morgan fingerprint density at radius 2 is 2.38 bits per heavy atom. The van der Waals surface area contributed by atoms with Crippen LogP contribution >= 0.6 is 0 Å². The molecule has 0 radical (unpaired) electrons. The lowest BCUT2D eigenvalue weighted by Gasteiger charge is -2.22. The Bertz CT molecular complexity index is 451. The number of rotatable bonds is 4. The van der Waals surface area contributed by atoms with Crippen LogP contribution < -0.4 is 0 Å².